The molecule has 2 aromatic rings. The SMILES string of the molecule is COC(=O)c1cc(Br)ccc1Oc1ccc(C)cc1[N+](=O)[O-]. The zero-order chi connectivity index (χ0) is 16.3. The molecule has 0 N–H and O–H groups in total. The summed E-state index contributed by atoms with van der Waals surface area (Å²) in [6.45, 7) is 1.75. The first-order chi connectivity index (χ1) is 10.4. The molecule has 6 nitrogen and oxygen atoms in total. The number of nitro groups is 1. The van der Waals surface area contributed by atoms with Crippen molar-refractivity contribution in [2.75, 3.05) is 7.11 Å². The van der Waals surface area contributed by atoms with E-state index in [0.717, 1.165) is 5.56 Å². The van der Waals surface area contributed by atoms with Gasteiger partial charge < -0.3 is 9.47 Å². The van der Waals surface area contributed by atoms with Gasteiger partial charge in [0, 0.05) is 10.5 Å². The predicted molar refractivity (Wildman–Crippen MR) is 83.4 cm³/mol. The fourth-order valence-electron chi connectivity index (χ4n) is 1.84. The molecule has 0 unspecified atom stereocenters. The van der Waals surface area contributed by atoms with Crippen molar-refractivity contribution in [3.63, 3.8) is 0 Å². The maximum atomic E-state index is 11.8. The van der Waals surface area contributed by atoms with E-state index in [4.69, 9.17) is 9.47 Å². The van der Waals surface area contributed by atoms with Gasteiger partial charge in [-0.3, -0.25) is 10.1 Å². The molecular weight excluding hydrogens is 354 g/mol. The van der Waals surface area contributed by atoms with Crippen molar-refractivity contribution in [1.29, 1.82) is 0 Å². The molecule has 0 aromatic heterocycles. The van der Waals surface area contributed by atoms with E-state index in [-0.39, 0.29) is 22.7 Å². The van der Waals surface area contributed by atoms with Crippen LogP contribution in [-0.2, 0) is 4.74 Å². The molecule has 22 heavy (non-hydrogen) atoms. The minimum Gasteiger partial charge on any atom is -0.465 e. The molecule has 0 aliphatic carbocycles. The van der Waals surface area contributed by atoms with Crippen LogP contribution in [-0.4, -0.2) is 18.0 Å². The molecule has 0 aliphatic heterocycles. The third-order valence-corrected chi connectivity index (χ3v) is 3.37. The number of ether oxygens (including phenoxy) is 2. The second-order valence-corrected chi connectivity index (χ2v) is 5.38. The summed E-state index contributed by atoms with van der Waals surface area (Å²) in [4.78, 5) is 22.4. The highest BCUT2D eigenvalue weighted by molar-refractivity contribution is 9.10. The van der Waals surface area contributed by atoms with Gasteiger partial charge in [0.15, 0.2) is 0 Å². The summed E-state index contributed by atoms with van der Waals surface area (Å²) in [6, 6.07) is 9.34. The number of benzene rings is 2. The lowest BCUT2D eigenvalue weighted by atomic mass is 10.2. The van der Waals surface area contributed by atoms with Crippen LogP contribution in [0.5, 0.6) is 11.5 Å². The van der Waals surface area contributed by atoms with Gasteiger partial charge in [-0.25, -0.2) is 4.79 Å². The van der Waals surface area contributed by atoms with Crippen LogP contribution in [0.2, 0.25) is 0 Å². The van der Waals surface area contributed by atoms with Gasteiger partial charge in [-0.15, -0.1) is 0 Å². The molecule has 0 spiro atoms. The van der Waals surface area contributed by atoms with Crippen LogP contribution in [0.25, 0.3) is 0 Å². The van der Waals surface area contributed by atoms with E-state index >= 15 is 0 Å². The fraction of sp³-hybridized carbons (Fsp3) is 0.133. The van der Waals surface area contributed by atoms with E-state index in [1.165, 1.54) is 25.3 Å². The number of rotatable bonds is 4. The Morgan fingerprint density at radius 3 is 2.50 bits per heavy atom. The molecule has 0 bridgehead atoms. The molecular formula is C15H12BrNO5. The van der Waals surface area contributed by atoms with Gasteiger partial charge in [-0.1, -0.05) is 22.0 Å². The molecule has 0 fully saturated rings. The maximum absolute atomic E-state index is 11.8. The number of esters is 1. The second-order valence-electron chi connectivity index (χ2n) is 4.46. The van der Waals surface area contributed by atoms with Crippen LogP contribution in [0.15, 0.2) is 40.9 Å². The first-order valence-corrected chi connectivity index (χ1v) is 7.02. The third kappa shape index (κ3) is 3.43. The Morgan fingerprint density at radius 1 is 1.18 bits per heavy atom. The minimum absolute atomic E-state index is 0.0584. The smallest absolute Gasteiger partial charge is 0.341 e. The number of nitrogens with zero attached hydrogens (tertiary/aromatic N) is 1. The molecule has 0 heterocycles. The van der Waals surface area contributed by atoms with Crippen LogP contribution < -0.4 is 4.74 Å². The Kier molecular flexibility index (Phi) is 4.77. The third-order valence-electron chi connectivity index (χ3n) is 2.88. The Morgan fingerprint density at radius 2 is 1.86 bits per heavy atom. The molecule has 0 atom stereocenters. The normalized spacial score (nSPS) is 10.1. The molecule has 7 heteroatoms. The summed E-state index contributed by atoms with van der Waals surface area (Å²) in [5.41, 5.74) is 0.744. The number of hydrogen-bond donors (Lipinski definition) is 0. The number of methoxy groups -OCH3 is 1. The van der Waals surface area contributed by atoms with Crippen molar-refractivity contribution in [1.82, 2.24) is 0 Å². The number of halogens is 1. The first kappa shape index (κ1) is 16.0. The molecule has 0 saturated carbocycles. The highest BCUT2D eigenvalue weighted by Crippen LogP contribution is 2.34. The number of nitro benzene ring substituents is 1. The minimum atomic E-state index is -0.592. The topological polar surface area (TPSA) is 78.7 Å². The standard InChI is InChI=1S/C15H12BrNO5/c1-9-3-5-14(12(7-9)17(19)20)22-13-6-4-10(16)8-11(13)15(18)21-2/h3-8H,1-2H3. The molecule has 0 saturated heterocycles. The van der Waals surface area contributed by atoms with E-state index in [1.54, 1.807) is 25.1 Å². The zero-order valence-corrected chi connectivity index (χ0v) is 13.4. The van der Waals surface area contributed by atoms with Gasteiger partial charge >= 0.3 is 11.7 Å². The van der Waals surface area contributed by atoms with E-state index in [0.29, 0.717) is 4.47 Å². The largest absolute Gasteiger partial charge is 0.465 e. The van der Waals surface area contributed by atoms with Crippen LogP contribution in [0.4, 0.5) is 5.69 Å². The molecule has 0 amide bonds. The average Bonchev–Trinajstić information content (AvgIpc) is 2.49. The van der Waals surface area contributed by atoms with Crippen LogP contribution in [0.1, 0.15) is 15.9 Å². The van der Waals surface area contributed by atoms with Gasteiger partial charge in [0.05, 0.1) is 12.0 Å². The fourth-order valence-corrected chi connectivity index (χ4v) is 2.20. The lowest BCUT2D eigenvalue weighted by molar-refractivity contribution is -0.385. The second kappa shape index (κ2) is 6.57. The molecule has 2 rings (SSSR count). The summed E-state index contributed by atoms with van der Waals surface area (Å²) in [5.74, 6) is -0.351. The molecule has 0 aliphatic rings. The maximum Gasteiger partial charge on any atom is 0.341 e. The summed E-state index contributed by atoms with van der Waals surface area (Å²) < 4.78 is 10.9. The highest BCUT2D eigenvalue weighted by Gasteiger charge is 2.20. The predicted octanol–water partition coefficient (Wildman–Crippen LogP) is 4.24. The summed E-state index contributed by atoms with van der Waals surface area (Å²) in [7, 11) is 1.25. The van der Waals surface area contributed by atoms with Crippen LogP contribution in [0, 0.1) is 17.0 Å². The lowest BCUT2D eigenvalue weighted by Gasteiger charge is -2.11. The summed E-state index contributed by atoms with van der Waals surface area (Å²) in [6.07, 6.45) is 0. The molecule has 2 aromatic carbocycles. The number of hydrogen-bond acceptors (Lipinski definition) is 5. The van der Waals surface area contributed by atoms with Crippen molar-refractivity contribution in [2.45, 2.75) is 6.92 Å². The number of aryl methyl sites for hydroxylation is 1. The van der Waals surface area contributed by atoms with Gasteiger partial charge in [0.2, 0.25) is 5.75 Å². The molecule has 114 valence electrons. The number of carbonyl (C=O) groups is 1. The van der Waals surface area contributed by atoms with E-state index in [1.807, 2.05) is 0 Å². The van der Waals surface area contributed by atoms with E-state index < -0.39 is 10.9 Å². The van der Waals surface area contributed by atoms with Crippen molar-refractivity contribution < 1.29 is 19.2 Å². The van der Waals surface area contributed by atoms with Crippen molar-refractivity contribution in [2.24, 2.45) is 0 Å². The Hall–Kier alpha value is -2.41. The Balaban J connectivity index is 2.48. The summed E-state index contributed by atoms with van der Waals surface area (Å²) in [5, 5.41) is 11.1. The summed E-state index contributed by atoms with van der Waals surface area (Å²) >= 11 is 3.25. The van der Waals surface area contributed by atoms with Gasteiger partial charge in [0.1, 0.15) is 11.3 Å². The van der Waals surface area contributed by atoms with Crippen molar-refractivity contribution in [3.05, 3.63) is 62.1 Å². The molecule has 0 radical (unpaired) electrons. The first-order valence-electron chi connectivity index (χ1n) is 6.23. The number of carbonyl (C=O) groups excluding carboxylic acids is 1. The highest BCUT2D eigenvalue weighted by atomic mass is 79.9. The van der Waals surface area contributed by atoms with Gasteiger partial charge in [-0.2, -0.15) is 0 Å². The van der Waals surface area contributed by atoms with Crippen LogP contribution in [0.3, 0.4) is 0 Å². The van der Waals surface area contributed by atoms with E-state index in [9.17, 15) is 14.9 Å². The van der Waals surface area contributed by atoms with Crippen molar-refractivity contribution in [3.8, 4) is 11.5 Å². The van der Waals surface area contributed by atoms with E-state index in [2.05, 4.69) is 15.9 Å². The van der Waals surface area contributed by atoms with Gasteiger partial charge in [0.25, 0.3) is 0 Å². The quantitative estimate of drug-likeness (QED) is 0.459. The Labute approximate surface area is 134 Å². The van der Waals surface area contributed by atoms with Crippen molar-refractivity contribution >= 4 is 27.6 Å². The van der Waals surface area contributed by atoms with Crippen LogP contribution >= 0.6 is 15.9 Å². The average molecular weight is 366 g/mol. The van der Waals surface area contributed by atoms with Gasteiger partial charge in [-0.05, 0) is 36.8 Å². The monoisotopic (exact) mass is 365 g/mol. The Bertz CT molecular complexity index is 745. The zero-order valence-electron chi connectivity index (χ0n) is 11.8. The lowest BCUT2D eigenvalue weighted by Crippen LogP contribution is -2.04.